The highest BCUT2D eigenvalue weighted by atomic mass is 16.8. The van der Waals surface area contributed by atoms with Gasteiger partial charge in [0.15, 0.2) is 18.0 Å². The maximum absolute atomic E-state index is 12.2. The van der Waals surface area contributed by atoms with Crippen LogP contribution in [0.4, 0.5) is 20.2 Å². The summed E-state index contributed by atoms with van der Waals surface area (Å²) in [7, 11) is 2.22. The van der Waals surface area contributed by atoms with E-state index in [1.165, 1.54) is 10.8 Å². The summed E-state index contributed by atoms with van der Waals surface area (Å²) in [6.07, 6.45) is -5.97. The Morgan fingerprint density at radius 3 is 2.47 bits per heavy atom. The number of hydrogen-bond donors (Lipinski definition) is 1. The van der Waals surface area contributed by atoms with Crippen molar-refractivity contribution in [2.45, 2.75) is 56.4 Å². The fourth-order valence-electron chi connectivity index (χ4n) is 4.24. The molecule has 0 aromatic carbocycles. The molecule has 2 aromatic heterocycles. The molecule has 0 spiro atoms. The minimum atomic E-state index is -1.76. The maximum Gasteiger partial charge on any atom is 0.509 e. The number of anilines is 1. The van der Waals surface area contributed by atoms with Gasteiger partial charge in [-0.2, -0.15) is 5.10 Å². The fourth-order valence-corrected chi connectivity index (χ4v) is 4.24. The van der Waals surface area contributed by atoms with E-state index in [4.69, 9.17) is 29.4 Å². The van der Waals surface area contributed by atoms with Crippen molar-refractivity contribution in [3.8, 4) is 0 Å². The lowest BCUT2D eigenvalue weighted by molar-refractivity contribution is -0.146. The number of nitrogens with zero attached hydrogens (tertiary/aromatic N) is 3. The zero-order chi connectivity index (χ0) is 24.8. The van der Waals surface area contributed by atoms with Crippen molar-refractivity contribution in [1.82, 2.24) is 14.6 Å². The van der Waals surface area contributed by atoms with E-state index in [1.54, 1.807) is 32.9 Å². The molecule has 0 amide bonds. The third kappa shape index (κ3) is 3.50. The van der Waals surface area contributed by atoms with E-state index in [0.29, 0.717) is 11.2 Å². The molecule has 5 atom stereocenters. The van der Waals surface area contributed by atoms with Gasteiger partial charge in [-0.3, -0.25) is 0 Å². The molecular formula is C20H24N4O10. The summed E-state index contributed by atoms with van der Waals surface area (Å²) in [5.41, 5.74) is 3.59. The van der Waals surface area contributed by atoms with E-state index in [1.807, 2.05) is 0 Å². The Morgan fingerprint density at radius 2 is 1.82 bits per heavy atom. The van der Waals surface area contributed by atoms with Crippen LogP contribution >= 0.6 is 0 Å². The number of carbonyl (C=O) groups is 3. The molecule has 2 fully saturated rings. The van der Waals surface area contributed by atoms with Crippen LogP contribution in [-0.4, -0.2) is 77.3 Å². The number of rotatable bonds is 5. The molecule has 2 N–H and O–H groups in total. The van der Waals surface area contributed by atoms with Crippen LogP contribution < -0.4 is 5.73 Å². The Bertz CT molecular complexity index is 1140. The molecule has 184 valence electrons. The van der Waals surface area contributed by atoms with Crippen molar-refractivity contribution < 1.29 is 47.5 Å². The number of nitrogens with two attached hydrogens (primary N) is 1. The van der Waals surface area contributed by atoms with Crippen molar-refractivity contribution in [2.75, 3.05) is 20.0 Å². The molecule has 2 aromatic rings. The lowest BCUT2D eigenvalue weighted by atomic mass is 9.90. The van der Waals surface area contributed by atoms with Crippen molar-refractivity contribution in [2.24, 2.45) is 0 Å². The summed E-state index contributed by atoms with van der Waals surface area (Å²) in [5.74, 6) is 0.205. The standard InChI is InChI=1S/C20H24N4O10/c1-9(2)30-18(27)31-12-13-20(12,34-17(26)29-5)15(32-16(25)28-4)19(3,33-13)11-7-6-10-14(21)22-8-23-24(10)11/h6-9,12-13,15H,1-5H3,(H2,21,22,23)/t12?,13-,15+,19+,20-/m1/s1. The van der Waals surface area contributed by atoms with Crippen LogP contribution in [0.5, 0.6) is 0 Å². The number of aromatic nitrogens is 3. The molecule has 1 aliphatic carbocycles. The first kappa shape index (κ1) is 23.4. The maximum atomic E-state index is 12.2. The Balaban J connectivity index is 1.78. The Morgan fingerprint density at radius 1 is 1.12 bits per heavy atom. The average molecular weight is 480 g/mol. The van der Waals surface area contributed by atoms with Crippen LogP contribution in [0, 0.1) is 0 Å². The van der Waals surface area contributed by atoms with Gasteiger partial charge in [-0.15, -0.1) is 0 Å². The summed E-state index contributed by atoms with van der Waals surface area (Å²) in [5, 5.41) is 4.20. The number of fused-ring (bicyclic) bond motifs is 2. The van der Waals surface area contributed by atoms with Gasteiger partial charge in [0.2, 0.25) is 5.60 Å². The number of hydrogen-bond acceptors (Lipinski definition) is 13. The molecule has 1 aliphatic heterocycles. The van der Waals surface area contributed by atoms with Crippen LogP contribution in [0.25, 0.3) is 5.52 Å². The average Bonchev–Trinajstić information content (AvgIpc) is 3.08. The highest BCUT2D eigenvalue weighted by Crippen LogP contribution is 2.62. The zero-order valence-electron chi connectivity index (χ0n) is 19.0. The van der Waals surface area contributed by atoms with Crippen LogP contribution in [-0.2, 0) is 38.8 Å². The van der Waals surface area contributed by atoms with Gasteiger partial charge in [0.1, 0.15) is 23.5 Å². The quantitative estimate of drug-likeness (QED) is 0.483. The monoisotopic (exact) mass is 480 g/mol. The number of methoxy groups -OCH3 is 2. The first-order valence-corrected chi connectivity index (χ1v) is 10.2. The number of nitrogen functional groups attached to an aromatic ring is 1. The molecule has 2 aliphatic rings. The van der Waals surface area contributed by atoms with Crippen molar-refractivity contribution in [1.29, 1.82) is 0 Å². The second-order valence-electron chi connectivity index (χ2n) is 8.12. The van der Waals surface area contributed by atoms with E-state index in [9.17, 15) is 14.4 Å². The van der Waals surface area contributed by atoms with Crippen molar-refractivity contribution >= 4 is 29.8 Å². The van der Waals surface area contributed by atoms with Gasteiger partial charge in [0.25, 0.3) is 0 Å². The number of carbonyl (C=O) groups excluding carboxylic acids is 3. The van der Waals surface area contributed by atoms with Gasteiger partial charge >= 0.3 is 18.5 Å². The molecule has 1 saturated heterocycles. The number of ether oxygens (including phenoxy) is 7. The van der Waals surface area contributed by atoms with E-state index in [0.717, 1.165) is 14.2 Å². The molecule has 0 bridgehead atoms. The summed E-state index contributed by atoms with van der Waals surface area (Å²) >= 11 is 0. The summed E-state index contributed by atoms with van der Waals surface area (Å²) < 4.78 is 38.4. The molecular weight excluding hydrogens is 456 g/mol. The van der Waals surface area contributed by atoms with E-state index in [-0.39, 0.29) is 5.82 Å². The molecule has 1 unspecified atom stereocenters. The Hall–Kier alpha value is -3.81. The van der Waals surface area contributed by atoms with Crippen LogP contribution in [0.2, 0.25) is 0 Å². The fraction of sp³-hybridized carbons (Fsp3) is 0.550. The largest absolute Gasteiger partial charge is 0.509 e. The lowest BCUT2D eigenvalue weighted by Gasteiger charge is -2.35. The third-order valence-electron chi connectivity index (χ3n) is 5.69. The summed E-state index contributed by atoms with van der Waals surface area (Å²) in [4.78, 5) is 40.5. The normalized spacial score (nSPS) is 29.3. The third-order valence-corrected chi connectivity index (χ3v) is 5.69. The van der Waals surface area contributed by atoms with Gasteiger partial charge in [0, 0.05) is 0 Å². The second kappa shape index (κ2) is 8.20. The first-order chi connectivity index (χ1) is 16.1. The van der Waals surface area contributed by atoms with Gasteiger partial charge in [0.05, 0.1) is 26.0 Å². The summed E-state index contributed by atoms with van der Waals surface area (Å²) in [6, 6.07) is 3.30. The second-order valence-corrected chi connectivity index (χ2v) is 8.12. The molecule has 4 rings (SSSR count). The van der Waals surface area contributed by atoms with Crippen LogP contribution in [0.3, 0.4) is 0 Å². The molecule has 34 heavy (non-hydrogen) atoms. The molecule has 0 radical (unpaired) electrons. The Labute approximate surface area is 193 Å². The SMILES string of the molecule is COC(=O)O[C@@H]1[C@@]2(OC(=O)OC)C(OC(=O)OC(C)C)[C@H]2O[C@@]1(C)c1ccc2c(N)ncnn12. The van der Waals surface area contributed by atoms with Gasteiger partial charge in [-0.05, 0) is 32.9 Å². The van der Waals surface area contributed by atoms with Crippen molar-refractivity contribution in [3.05, 3.63) is 24.2 Å². The molecule has 3 heterocycles. The Kier molecular flexibility index (Phi) is 5.63. The predicted molar refractivity (Wildman–Crippen MR) is 110 cm³/mol. The van der Waals surface area contributed by atoms with Crippen molar-refractivity contribution in [3.63, 3.8) is 0 Å². The van der Waals surface area contributed by atoms with Gasteiger partial charge in [-0.25, -0.2) is 23.9 Å². The minimum absolute atomic E-state index is 0.205. The predicted octanol–water partition coefficient (Wildman–Crippen LogP) is 1.54. The highest BCUT2D eigenvalue weighted by molar-refractivity contribution is 5.68. The lowest BCUT2D eigenvalue weighted by Crippen LogP contribution is -2.51. The highest BCUT2D eigenvalue weighted by Gasteiger charge is 2.88. The van der Waals surface area contributed by atoms with Gasteiger partial charge < -0.3 is 38.9 Å². The first-order valence-electron chi connectivity index (χ1n) is 10.2. The summed E-state index contributed by atoms with van der Waals surface area (Å²) in [6.45, 7) is 4.87. The topological polar surface area (TPSA) is 172 Å². The van der Waals surface area contributed by atoms with Gasteiger partial charge in [-0.1, -0.05) is 0 Å². The van der Waals surface area contributed by atoms with E-state index >= 15 is 0 Å². The molecule has 14 heteroatoms. The van der Waals surface area contributed by atoms with E-state index in [2.05, 4.69) is 19.6 Å². The van der Waals surface area contributed by atoms with Crippen LogP contribution in [0.1, 0.15) is 26.5 Å². The van der Waals surface area contributed by atoms with Crippen LogP contribution in [0.15, 0.2) is 18.5 Å². The zero-order valence-corrected chi connectivity index (χ0v) is 19.0. The van der Waals surface area contributed by atoms with E-state index < -0.39 is 54.1 Å². The molecule has 14 nitrogen and oxygen atoms in total. The smallest absolute Gasteiger partial charge is 0.438 e. The minimum Gasteiger partial charge on any atom is -0.438 e. The molecule has 1 saturated carbocycles.